The molecular weight excluding hydrogens is 236 g/mol. The molecule has 0 aromatic heterocycles. The van der Waals surface area contributed by atoms with Crippen LogP contribution in [-0.4, -0.2) is 11.6 Å². The Bertz CT molecular complexity index is 442. The van der Waals surface area contributed by atoms with Gasteiger partial charge in [0.15, 0.2) is 0 Å². The first-order valence-corrected chi connectivity index (χ1v) is 7.37. The summed E-state index contributed by atoms with van der Waals surface area (Å²) in [6.45, 7) is 10.1. The van der Waals surface area contributed by atoms with Gasteiger partial charge in [0.1, 0.15) is 5.60 Å². The quantitative estimate of drug-likeness (QED) is 0.689. The van der Waals surface area contributed by atoms with Gasteiger partial charge in [-0.05, 0) is 50.0 Å². The summed E-state index contributed by atoms with van der Waals surface area (Å²) in [4.78, 5) is 11.2. The number of hydrogen-bond donors (Lipinski definition) is 0. The molecule has 0 bridgehead atoms. The van der Waals surface area contributed by atoms with Gasteiger partial charge in [0.05, 0.1) is 0 Å². The molecule has 2 aliphatic rings. The maximum atomic E-state index is 11.2. The summed E-state index contributed by atoms with van der Waals surface area (Å²) in [6, 6.07) is 0. The second kappa shape index (κ2) is 4.81. The van der Waals surface area contributed by atoms with E-state index in [2.05, 4.69) is 26.0 Å². The molecule has 0 saturated heterocycles. The minimum Gasteiger partial charge on any atom is -0.455 e. The molecule has 2 atom stereocenters. The number of esters is 1. The standard InChI is InChI=1S/C17H26O2/c1-12-7-6-9-17(5)10-8-14(11-15(12)17)16(3,4)19-13(2)18/h8,11-12H,6-7,9-10H2,1-5H3. The van der Waals surface area contributed by atoms with Gasteiger partial charge in [0.25, 0.3) is 0 Å². The van der Waals surface area contributed by atoms with Crippen LogP contribution in [0.3, 0.4) is 0 Å². The van der Waals surface area contributed by atoms with Gasteiger partial charge in [0.2, 0.25) is 0 Å². The van der Waals surface area contributed by atoms with E-state index < -0.39 is 5.60 Å². The molecule has 2 rings (SSSR count). The zero-order chi connectivity index (χ0) is 14.3. The van der Waals surface area contributed by atoms with E-state index in [1.165, 1.54) is 26.2 Å². The molecule has 1 fully saturated rings. The Balaban J connectivity index is 2.29. The van der Waals surface area contributed by atoms with Crippen LogP contribution in [0.2, 0.25) is 0 Å². The first kappa shape index (κ1) is 14.4. The van der Waals surface area contributed by atoms with Crippen LogP contribution in [0, 0.1) is 11.3 Å². The van der Waals surface area contributed by atoms with Crippen molar-refractivity contribution in [3.05, 3.63) is 23.3 Å². The molecule has 1 saturated carbocycles. The lowest BCUT2D eigenvalue weighted by molar-refractivity contribution is -0.150. The van der Waals surface area contributed by atoms with Crippen molar-refractivity contribution in [2.45, 2.75) is 65.9 Å². The van der Waals surface area contributed by atoms with Crippen LogP contribution < -0.4 is 0 Å². The second-order valence-corrected chi connectivity index (χ2v) is 6.92. The highest BCUT2D eigenvalue weighted by molar-refractivity contribution is 5.67. The van der Waals surface area contributed by atoms with Crippen molar-refractivity contribution in [3.8, 4) is 0 Å². The normalized spacial score (nSPS) is 31.1. The maximum Gasteiger partial charge on any atom is 0.303 e. The molecule has 2 heteroatoms. The fourth-order valence-corrected chi connectivity index (χ4v) is 3.63. The third-order valence-corrected chi connectivity index (χ3v) is 4.77. The summed E-state index contributed by atoms with van der Waals surface area (Å²) in [5, 5.41) is 0. The van der Waals surface area contributed by atoms with Crippen molar-refractivity contribution in [3.63, 3.8) is 0 Å². The summed E-state index contributed by atoms with van der Waals surface area (Å²) in [5.74, 6) is 0.435. The van der Waals surface area contributed by atoms with Crippen LogP contribution in [0.15, 0.2) is 23.3 Å². The van der Waals surface area contributed by atoms with Gasteiger partial charge in [0, 0.05) is 6.92 Å². The Labute approximate surface area is 116 Å². The molecule has 2 unspecified atom stereocenters. The van der Waals surface area contributed by atoms with Crippen molar-refractivity contribution in [2.75, 3.05) is 0 Å². The molecule has 0 heterocycles. The topological polar surface area (TPSA) is 26.3 Å². The van der Waals surface area contributed by atoms with Crippen LogP contribution in [0.1, 0.15) is 60.3 Å². The Morgan fingerprint density at radius 2 is 2.16 bits per heavy atom. The number of carbonyl (C=O) groups is 1. The molecule has 2 aliphatic carbocycles. The van der Waals surface area contributed by atoms with E-state index in [1.54, 1.807) is 5.57 Å². The number of carbonyl (C=O) groups excluding carboxylic acids is 1. The highest BCUT2D eigenvalue weighted by Crippen LogP contribution is 2.50. The van der Waals surface area contributed by atoms with Gasteiger partial charge in [-0.1, -0.05) is 38.0 Å². The largest absolute Gasteiger partial charge is 0.455 e. The molecule has 2 nitrogen and oxygen atoms in total. The maximum absolute atomic E-state index is 11.2. The van der Waals surface area contributed by atoms with Crippen LogP contribution in [-0.2, 0) is 9.53 Å². The van der Waals surface area contributed by atoms with Crippen molar-refractivity contribution >= 4 is 5.97 Å². The Hall–Kier alpha value is -1.05. The van der Waals surface area contributed by atoms with Crippen LogP contribution in [0.4, 0.5) is 0 Å². The molecule has 0 N–H and O–H groups in total. The number of fused-ring (bicyclic) bond motifs is 1. The minimum absolute atomic E-state index is 0.214. The third-order valence-electron chi connectivity index (χ3n) is 4.77. The van der Waals surface area contributed by atoms with Crippen molar-refractivity contribution < 1.29 is 9.53 Å². The van der Waals surface area contributed by atoms with E-state index in [9.17, 15) is 4.79 Å². The van der Waals surface area contributed by atoms with Crippen LogP contribution >= 0.6 is 0 Å². The first-order chi connectivity index (χ1) is 8.74. The van der Waals surface area contributed by atoms with Crippen molar-refractivity contribution in [1.29, 1.82) is 0 Å². The monoisotopic (exact) mass is 262 g/mol. The first-order valence-electron chi connectivity index (χ1n) is 7.37. The van der Waals surface area contributed by atoms with E-state index in [0.29, 0.717) is 11.3 Å². The molecule has 0 radical (unpaired) electrons. The zero-order valence-electron chi connectivity index (χ0n) is 12.9. The third kappa shape index (κ3) is 2.77. The number of rotatable bonds is 2. The SMILES string of the molecule is CC(=O)OC(C)(C)C1=CCC2(C)CCCC(C)C2=C1. The minimum atomic E-state index is -0.517. The predicted octanol–water partition coefficient (Wildman–Crippen LogP) is 4.41. The van der Waals surface area contributed by atoms with Gasteiger partial charge in [-0.3, -0.25) is 4.79 Å². The fraction of sp³-hybridized carbons (Fsp3) is 0.706. The van der Waals surface area contributed by atoms with Gasteiger partial charge in [-0.15, -0.1) is 0 Å². The molecule has 0 amide bonds. The average molecular weight is 262 g/mol. The molecule has 0 aromatic rings. The van der Waals surface area contributed by atoms with Gasteiger partial charge < -0.3 is 4.74 Å². The molecular formula is C17H26O2. The molecule has 0 aromatic carbocycles. The fourth-order valence-electron chi connectivity index (χ4n) is 3.63. The van der Waals surface area contributed by atoms with E-state index in [1.807, 2.05) is 13.8 Å². The summed E-state index contributed by atoms with van der Waals surface area (Å²) in [6.07, 6.45) is 9.53. The lowest BCUT2D eigenvalue weighted by Gasteiger charge is -2.43. The van der Waals surface area contributed by atoms with Gasteiger partial charge in [-0.2, -0.15) is 0 Å². The highest BCUT2D eigenvalue weighted by Gasteiger charge is 2.39. The number of ether oxygens (including phenoxy) is 1. The highest BCUT2D eigenvalue weighted by atomic mass is 16.6. The second-order valence-electron chi connectivity index (χ2n) is 6.92. The summed E-state index contributed by atoms with van der Waals surface area (Å²) < 4.78 is 5.47. The van der Waals surface area contributed by atoms with Crippen LogP contribution in [0.25, 0.3) is 0 Å². The molecule has 19 heavy (non-hydrogen) atoms. The predicted molar refractivity (Wildman–Crippen MR) is 77.8 cm³/mol. The Kier molecular flexibility index (Phi) is 3.63. The smallest absolute Gasteiger partial charge is 0.303 e. The van der Waals surface area contributed by atoms with E-state index in [0.717, 1.165) is 12.0 Å². The summed E-state index contributed by atoms with van der Waals surface area (Å²) >= 11 is 0. The van der Waals surface area contributed by atoms with Gasteiger partial charge >= 0.3 is 5.97 Å². The molecule has 0 aliphatic heterocycles. The van der Waals surface area contributed by atoms with Crippen LogP contribution in [0.5, 0.6) is 0 Å². The van der Waals surface area contributed by atoms with Crippen molar-refractivity contribution in [1.82, 2.24) is 0 Å². The zero-order valence-corrected chi connectivity index (χ0v) is 12.9. The molecule has 0 spiro atoms. The van der Waals surface area contributed by atoms with Gasteiger partial charge in [-0.25, -0.2) is 0 Å². The lowest BCUT2D eigenvalue weighted by atomic mass is 9.62. The summed E-state index contributed by atoms with van der Waals surface area (Å²) in [7, 11) is 0. The van der Waals surface area contributed by atoms with E-state index in [4.69, 9.17) is 4.74 Å². The lowest BCUT2D eigenvalue weighted by Crippen LogP contribution is -2.35. The summed E-state index contributed by atoms with van der Waals surface area (Å²) in [5.41, 5.74) is 2.52. The molecule has 106 valence electrons. The number of allylic oxidation sites excluding steroid dienone is 2. The average Bonchev–Trinajstić information content (AvgIpc) is 2.26. The van der Waals surface area contributed by atoms with E-state index >= 15 is 0 Å². The Morgan fingerprint density at radius 1 is 1.47 bits per heavy atom. The van der Waals surface area contributed by atoms with Crippen molar-refractivity contribution in [2.24, 2.45) is 11.3 Å². The van der Waals surface area contributed by atoms with E-state index in [-0.39, 0.29) is 5.97 Å². The Morgan fingerprint density at radius 3 is 2.79 bits per heavy atom. The number of hydrogen-bond acceptors (Lipinski definition) is 2.